The average molecular weight is 467 g/mol. The summed E-state index contributed by atoms with van der Waals surface area (Å²) in [4.78, 5) is 34.2. The maximum Gasteiger partial charge on any atom is 0.263 e. The lowest BCUT2D eigenvalue weighted by Gasteiger charge is -2.17. The molecule has 2 atom stereocenters. The van der Waals surface area contributed by atoms with E-state index in [0.717, 1.165) is 54.5 Å². The van der Waals surface area contributed by atoms with E-state index in [-0.39, 0.29) is 18.0 Å². The third kappa shape index (κ3) is 3.57. The number of aromatic nitrogens is 2. The number of carbonyl (C=O) groups is 1. The van der Waals surface area contributed by atoms with Gasteiger partial charge < -0.3 is 5.32 Å². The molecule has 3 heterocycles. The Kier molecular flexibility index (Phi) is 5.42. The molecular weight excluding hydrogens is 440 g/mol. The Balaban J connectivity index is 1.45. The van der Waals surface area contributed by atoms with Gasteiger partial charge in [-0.3, -0.25) is 14.2 Å². The van der Waals surface area contributed by atoms with E-state index in [1.165, 1.54) is 25.7 Å². The zero-order chi connectivity index (χ0) is 22.6. The van der Waals surface area contributed by atoms with Crippen molar-refractivity contribution in [1.82, 2.24) is 9.55 Å². The number of anilines is 1. The topological polar surface area (TPSA) is 87.8 Å². The lowest BCUT2D eigenvalue weighted by molar-refractivity contribution is -0.116. The van der Waals surface area contributed by atoms with Crippen LogP contribution in [-0.4, -0.2) is 15.5 Å². The summed E-state index contributed by atoms with van der Waals surface area (Å²) in [5.74, 6) is 1.47. The largest absolute Gasteiger partial charge is 0.315 e. The first-order valence-corrected chi connectivity index (χ1v) is 12.8. The molecule has 1 N–H and O–H groups in total. The first-order chi connectivity index (χ1) is 15.4. The smallest absolute Gasteiger partial charge is 0.263 e. The van der Waals surface area contributed by atoms with E-state index in [2.05, 4.69) is 30.2 Å². The molecule has 0 aromatic carbocycles. The molecule has 0 bridgehead atoms. The standard InChI is InChI=1S/C24H26N4O2S2/c1-12-4-6-15-17(10-25)22(31-18(15)8-12)27-20(29)11-28-14(3)26-23-21(24(28)30)16-7-5-13(2)9-19(16)32-23/h12-13H,4-9,11H2,1-3H3,(H,27,29). The van der Waals surface area contributed by atoms with Crippen molar-refractivity contribution in [3.63, 3.8) is 0 Å². The van der Waals surface area contributed by atoms with Gasteiger partial charge in [-0.25, -0.2) is 4.98 Å². The van der Waals surface area contributed by atoms with Crippen LogP contribution >= 0.6 is 22.7 Å². The molecule has 166 valence electrons. The summed E-state index contributed by atoms with van der Waals surface area (Å²) in [6.07, 6.45) is 5.86. The number of amides is 1. The predicted octanol–water partition coefficient (Wildman–Crippen LogP) is 4.59. The van der Waals surface area contributed by atoms with Gasteiger partial charge in [0.25, 0.3) is 5.56 Å². The number of rotatable bonds is 3. The monoisotopic (exact) mass is 466 g/mol. The SMILES string of the molecule is Cc1nc2sc3c(c2c(=O)n1CC(=O)Nc1sc2c(c1C#N)CCC(C)C2)CCC(C)C3. The van der Waals surface area contributed by atoms with Crippen LogP contribution in [0.1, 0.15) is 59.0 Å². The van der Waals surface area contributed by atoms with E-state index in [4.69, 9.17) is 0 Å². The van der Waals surface area contributed by atoms with Gasteiger partial charge in [0.1, 0.15) is 28.3 Å². The Bertz CT molecular complexity index is 1340. The molecule has 3 aromatic heterocycles. The van der Waals surface area contributed by atoms with Gasteiger partial charge >= 0.3 is 0 Å². The average Bonchev–Trinajstić information content (AvgIpc) is 3.26. The summed E-state index contributed by atoms with van der Waals surface area (Å²) in [5, 5.41) is 13.9. The van der Waals surface area contributed by atoms with Crippen molar-refractivity contribution in [1.29, 1.82) is 5.26 Å². The summed E-state index contributed by atoms with van der Waals surface area (Å²) >= 11 is 3.13. The van der Waals surface area contributed by atoms with Crippen molar-refractivity contribution in [3.8, 4) is 6.07 Å². The molecule has 0 aliphatic heterocycles. The second-order valence-electron chi connectivity index (χ2n) is 9.30. The number of carbonyl (C=O) groups excluding carboxylic acids is 1. The molecule has 0 fully saturated rings. The Labute approximate surface area is 194 Å². The fourth-order valence-electron chi connectivity index (χ4n) is 4.98. The fraction of sp³-hybridized carbons (Fsp3) is 0.500. The van der Waals surface area contributed by atoms with E-state index in [1.54, 1.807) is 18.3 Å². The van der Waals surface area contributed by atoms with Gasteiger partial charge in [0.05, 0.1) is 10.9 Å². The van der Waals surface area contributed by atoms with Crippen LogP contribution in [0.3, 0.4) is 0 Å². The van der Waals surface area contributed by atoms with Crippen LogP contribution in [0.25, 0.3) is 10.2 Å². The van der Waals surface area contributed by atoms with E-state index < -0.39 is 0 Å². The molecule has 8 heteroatoms. The summed E-state index contributed by atoms with van der Waals surface area (Å²) < 4.78 is 1.48. The minimum atomic E-state index is -0.294. The number of nitriles is 1. The highest BCUT2D eigenvalue weighted by Crippen LogP contribution is 2.39. The zero-order valence-electron chi connectivity index (χ0n) is 18.6. The molecule has 6 nitrogen and oxygen atoms in total. The first kappa shape index (κ1) is 21.4. The fourth-order valence-corrected chi connectivity index (χ4v) is 7.77. The van der Waals surface area contributed by atoms with Crippen LogP contribution in [-0.2, 0) is 37.0 Å². The van der Waals surface area contributed by atoms with Gasteiger partial charge in [-0.15, -0.1) is 22.7 Å². The highest BCUT2D eigenvalue weighted by Gasteiger charge is 2.26. The van der Waals surface area contributed by atoms with E-state index in [0.29, 0.717) is 33.6 Å². The summed E-state index contributed by atoms with van der Waals surface area (Å²) in [6, 6.07) is 2.29. The molecular formula is C24H26N4O2S2. The second-order valence-corrected chi connectivity index (χ2v) is 11.5. The number of fused-ring (bicyclic) bond motifs is 4. The molecule has 0 spiro atoms. The van der Waals surface area contributed by atoms with Crippen molar-refractivity contribution in [2.24, 2.45) is 11.8 Å². The Morgan fingerprint density at radius 3 is 2.50 bits per heavy atom. The maximum absolute atomic E-state index is 13.4. The summed E-state index contributed by atoms with van der Waals surface area (Å²) in [6.45, 7) is 6.14. The van der Waals surface area contributed by atoms with Gasteiger partial charge in [0, 0.05) is 9.75 Å². The van der Waals surface area contributed by atoms with E-state index in [9.17, 15) is 14.9 Å². The molecule has 3 aromatic rings. The lowest BCUT2D eigenvalue weighted by atomic mass is 9.89. The number of hydrogen-bond donors (Lipinski definition) is 1. The molecule has 5 rings (SSSR count). The number of thiophene rings is 2. The minimum Gasteiger partial charge on any atom is -0.315 e. The van der Waals surface area contributed by atoms with Crippen LogP contribution in [0, 0.1) is 30.1 Å². The van der Waals surface area contributed by atoms with Crippen LogP contribution in [0.2, 0.25) is 0 Å². The quantitative estimate of drug-likeness (QED) is 0.612. The van der Waals surface area contributed by atoms with Gasteiger partial charge in [0.15, 0.2) is 0 Å². The van der Waals surface area contributed by atoms with Crippen LogP contribution < -0.4 is 10.9 Å². The first-order valence-electron chi connectivity index (χ1n) is 11.2. The van der Waals surface area contributed by atoms with E-state index >= 15 is 0 Å². The van der Waals surface area contributed by atoms with Gasteiger partial charge in [0.2, 0.25) is 5.91 Å². The highest BCUT2D eigenvalue weighted by atomic mass is 32.1. The Morgan fingerprint density at radius 1 is 1.16 bits per heavy atom. The number of aryl methyl sites for hydroxylation is 2. The summed E-state index contributed by atoms with van der Waals surface area (Å²) in [7, 11) is 0. The van der Waals surface area contributed by atoms with Crippen molar-refractivity contribution < 1.29 is 4.79 Å². The molecule has 0 radical (unpaired) electrons. The minimum absolute atomic E-state index is 0.0987. The molecule has 0 saturated heterocycles. The molecule has 2 unspecified atom stereocenters. The van der Waals surface area contributed by atoms with Crippen molar-refractivity contribution in [2.45, 2.75) is 65.8 Å². The molecule has 1 amide bonds. The van der Waals surface area contributed by atoms with Gasteiger partial charge in [-0.2, -0.15) is 5.26 Å². The van der Waals surface area contributed by atoms with Crippen molar-refractivity contribution in [2.75, 3.05) is 5.32 Å². The van der Waals surface area contributed by atoms with Crippen LogP contribution in [0.4, 0.5) is 5.00 Å². The van der Waals surface area contributed by atoms with Crippen LogP contribution in [0.15, 0.2) is 4.79 Å². The molecule has 32 heavy (non-hydrogen) atoms. The normalized spacial score (nSPS) is 19.9. The lowest BCUT2D eigenvalue weighted by Crippen LogP contribution is -2.30. The second kappa shape index (κ2) is 8.13. The van der Waals surface area contributed by atoms with Gasteiger partial charge in [-0.05, 0) is 68.4 Å². The number of nitrogens with one attached hydrogen (secondary N) is 1. The summed E-state index contributed by atoms with van der Waals surface area (Å²) in [5.41, 5.74) is 2.67. The molecule has 0 saturated carbocycles. The highest BCUT2D eigenvalue weighted by molar-refractivity contribution is 7.18. The molecule has 2 aliphatic rings. The predicted molar refractivity (Wildman–Crippen MR) is 129 cm³/mol. The van der Waals surface area contributed by atoms with Crippen LogP contribution in [0.5, 0.6) is 0 Å². The number of nitrogens with zero attached hydrogens (tertiary/aromatic N) is 3. The Morgan fingerprint density at radius 2 is 1.81 bits per heavy atom. The third-order valence-corrected chi connectivity index (χ3v) is 9.10. The van der Waals surface area contributed by atoms with E-state index in [1.807, 2.05) is 0 Å². The van der Waals surface area contributed by atoms with Crippen molar-refractivity contribution in [3.05, 3.63) is 42.6 Å². The van der Waals surface area contributed by atoms with Gasteiger partial charge in [-0.1, -0.05) is 13.8 Å². The Hall–Kier alpha value is -2.50. The maximum atomic E-state index is 13.4. The molecule has 2 aliphatic carbocycles. The third-order valence-electron chi connectivity index (χ3n) is 6.78. The number of hydrogen-bond acceptors (Lipinski definition) is 6. The zero-order valence-corrected chi connectivity index (χ0v) is 20.2. The van der Waals surface area contributed by atoms with Crippen molar-refractivity contribution >= 4 is 43.8 Å².